The quantitative estimate of drug-likeness (QED) is 0.764. The molecule has 0 N–H and O–H groups in total. The summed E-state index contributed by atoms with van der Waals surface area (Å²) in [6.07, 6.45) is -4.81. The molecule has 1 rings (SSSR count). The zero-order valence-corrected chi connectivity index (χ0v) is 7.89. The van der Waals surface area contributed by atoms with Gasteiger partial charge in [0.25, 0.3) is 12.9 Å². The van der Waals surface area contributed by atoms with Gasteiger partial charge in [0.15, 0.2) is 12.3 Å². The molecule has 0 saturated heterocycles. The van der Waals surface area contributed by atoms with Crippen molar-refractivity contribution in [3.63, 3.8) is 0 Å². The van der Waals surface area contributed by atoms with Crippen molar-refractivity contribution in [3.8, 4) is 5.88 Å². The van der Waals surface area contributed by atoms with Crippen LogP contribution in [0.15, 0.2) is 6.20 Å². The normalized spacial score (nSPS) is 11.1. The third-order valence-electron chi connectivity index (χ3n) is 1.29. The van der Waals surface area contributed by atoms with Crippen molar-refractivity contribution in [1.82, 2.24) is 9.97 Å². The Hall–Kier alpha value is -1.11. The van der Waals surface area contributed by atoms with E-state index in [2.05, 4.69) is 14.7 Å². The molecule has 0 atom stereocenters. The molecule has 1 heterocycles. The fourth-order valence-corrected chi connectivity index (χ4v) is 0.905. The molecule has 0 saturated carbocycles. The minimum absolute atomic E-state index is 0.255. The van der Waals surface area contributed by atoms with E-state index >= 15 is 0 Å². The van der Waals surface area contributed by atoms with Gasteiger partial charge >= 0.3 is 0 Å². The number of alkyl halides is 4. The van der Waals surface area contributed by atoms with Crippen LogP contribution in [-0.4, -0.2) is 23.0 Å². The first-order valence-electron chi connectivity index (χ1n) is 3.72. The fraction of sp³-hybridized carbons (Fsp3) is 0.429. The van der Waals surface area contributed by atoms with Gasteiger partial charge in [0.05, 0.1) is 6.20 Å². The van der Waals surface area contributed by atoms with Gasteiger partial charge in [-0.25, -0.2) is 27.5 Å². The Morgan fingerprint density at radius 3 is 2.53 bits per heavy atom. The first kappa shape index (κ1) is 12.0. The van der Waals surface area contributed by atoms with E-state index in [0.29, 0.717) is 0 Å². The second-order valence-electron chi connectivity index (χ2n) is 2.39. The van der Waals surface area contributed by atoms with E-state index < -0.39 is 31.0 Å². The van der Waals surface area contributed by atoms with Crippen LogP contribution in [0.4, 0.5) is 17.6 Å². The molecular formula is C7H5ClF4N2O. The summed E-state index contributed by atoms with van der Waals surface area (Å²) < 4.78 is 52.5. The first-order chi connectivity index (χ1) is 7.00. The van der Waals surface area contributed by atoms with E-state index in [1.165, 1.54) is 0 Å². The van der Waals surface area contributed by atoms with Crippen LogP contribution >= 0.6 is 11.6 Å². The standard InChI is InChI=1S/C7H5ClF4N2O/c8-3-1-13-7(15-2-4(9)10)5(14-3)6(11)12/h1,4,6H,2H2. The molecule has 1 aromatic rings. The van der Waals surface area contributed by atoms with Gasteiger partial charge in [-0.1, -0.05) is 11.6 Å². The molecule has 84 valence electrons. The van der Waals surface area contributed by atoms with Gasteiger partial charge in [0.1, 0.15) is 5.15 Å². The van der Waals surface area contributed by atoms with E-state index in [1.54, 1.807) is 0 Å². The molecule has 0 aromatic carbocycles. The predicted molar refractivity (Wildman–Crippen MR) is 43.5 cm³/mol. The van der Waals surface area contributed by atoms with Crippen molar-refractivity contribution in [2.45, 2.75) is 12.9 Å². The Morgan fingerprint density at radius 1 is 1.33 bits per heavy atom. The number of rotatable bonds is 4. The van der Waals surface area contributed by atoms with Crippen molar-refractivity contribution in [1.29, 1.82) is 0 Å². The monoisotopic (exact) mass is 244 g/mol. The molecule has 0 radical (unpaired) electrons. The Labute approximate surface area is 87.0 Å². The van der Waals surface area contributed by atoms with E-state index in [-0.39, 0.29) is 5.15 Å². The van der Waals surface area contributed by atoms with E-state index in [1.807, 2.05) is 0 Å². The van der Waals surface area contributed by atoms with Crippen molar-refractivity contribution in [2.75, 3.05) is 6.61 Å². The summed E-state index contributed by atoms with van der Waals surface area (Å²) in [5.74, 6) is -0.630. The van der Waals surface area contributed by atoms with Crippen LogP contribution < -0.4 is 4.74 Å². The van der Waals surface area contributed by atoms with Crippen LogP contribution in [0.3, 0.4) is 0 Å². The lowest BCUT2D eigenvalue weighted by molar-refractivity contribution is 0.0736. The Morgan fingerprint density at radius 2 is 2.00 bits per heavy atom. The summed E-state index contributed by atoms with van der Waals surface area (Å²) in [5.41, 5.74) is -0.844. The van der Waals surface area contributed by atoms with Crippen molar-refractivity contribution in [3.05, 3.63) is 17.0 Å². The van der Waals surface area contributed by atoms with Crippen LogP contribution in [0.1, 0.15) is 12.1 Å². The van der Waals surface area contributed by atoms with Gasteiger partial charge in [-0.15, -0.1) is 0 Å². The van der Waals surface area contributed by atoms with E-state index in [9.17, 15) is 17.6 Å². The molecule has 0 aliphatic carbocycles. The lowest BCUT2D eigenvalue weighted by Gasteiger charge is -2.08. The Balaban J connectivity index is 2.86. The van der Waals surface area contributed by atoms with Crippen LogP contribution in [-0.2, 0) is 0 Å². The second-order valence-corrected chi connectivity index (χ2v) is 2.77. The summed E-state index contributed by atoms with van der Waals surface area (Å²) in [4.78, 5) is 6.58. The molecule has 1 aromatic heterocycles. The van der Waals surface area contributed by atoms with Gasteiger partial charge < -0.3 is 4.74 Å². The maximum absolute atomic E-state index is 12.3. The van der Waals surface area contributed by atoms with Gasteiger partial charge in [0.2, 0.25) is 5.88 Å². The third-order valence-corrected chi connectivity index (χ3v) is 1.47. The van der Waals surface area contributed by atoms with Crippen LogP contribution in [0.25, 0.3) is 0 Å². The molecule has 0 fully saturated rings. The van der Waals surface area contributed by atoms with Crippen molar-refractivity contribution < 1.29 is 22.3 Å². The molecule has 15 heavy (non-hydrogen) atoms. The summed E-state index contributed by atoms with van der Waals surface area (Å²) in [7, 11) is 0. The summed E-state index contributed by atoms with van der Waals surface area (Å²) in [5, 5.41) is -0.255. The predicted octanol–water partition coefficient (Wildman–Crippen LogP) is 2.71. The number of halogens is 5. The largest absolute Gasteiger partial charge is 0.470 e. The highest BCUT2D eigenvalue weighted by Crippen LogP contribution is 2.26. The minimum atomic E-state index is -2.98. The van der Waals surface area contributed by atoms with Crippen molar-refractivity contribution in [2.24, 2.45) is 0 Å². The topological polar surface area (TPSA) is 35.0 Å². The maximum Gasteiger partial charge on any atom is 0.285 e. The van der Waals surface area contributed by atoms with E-state index in [4.69, 9.17) is 11.6 Å². The lowest BCUT2D eigenvalue weighted by Crippen LogP contribution is -2.10. The number of hydrogen-bond donors (Lipinski definition) is 0. The van der Waals surface area contributed by atoms with Crippen LogP contribution in [0, 0.1) is 0 Å². The number of nitrogens with zero attached hydrogens (tertiary/aromatic N) is 2. The average Bonchev–Trinajstić information content (AvgIpc) is 2.15. The summed E-state index contributed by atoms with van der Waals surface area (Å²) in [6, 6.07) is 0. The highest BCUT2D eigenvalue weighted by Gasteiger charge is 2.19. The molecule has 0 unspecified atom stereocenters. The number of hydrogen-bond acceptors (Lipinski definition) is 3. The summed E-state index contributed by atoms with van der Waals surface area (Å²) in [6.45, 7) is -1.02. The zero-order chi connectivity index (χ0) is 11.4. The molecule has 3 nitrogen and oxygen atoms in total. The maximum atomic E-state index is 12.3. The number of aromatic nitrogens is 2. The van der Waals surface area contributed by atoms with Crippen LogP contribution in [0.5, 0.6) is 5.88 Å². The van der Waals surface area contributed by atoms with Gasteiger partial charge in [0, 0.05) is 0 Å². The Bertz CT molecular complexity index is 337. The Kier molecular flexibility index (Phi) is 4.07. The van der Waals surface area contributed by atoms with Crippen LogP contribution in [0.2, 0.25) is 5.15 Å². The molecule has 0 spiro atoms. The second kappa shape index (κ2) is 5.11. The van der Waals surface area contributed by atoms with E-state index in [0.717, 1.165) is 6.20 Å². The van der Waals surface area contributed by atoms with Gasteiger partial charge in [-0.05, 0) is 0 Å². The molecule has 0 bridgehead atoms. The third kappa shape index (κ3) is 3.50. The molecule has 8 heteroatoms. The highest BCUT2D eigenvalue weighted by atomic mass is 35.5. The van der Waals surface area contributed by atoms with Gasteiger partial charge in [-0.2, -0.15) is 0 Å². The SMILES string of the molecule is FC(F)COc1ncc(Cl)nc1C(F)F. The first-order valence-corrected chi connectivity index (χ1v) is 4.10. The lowest BCUT2D eigenvalue weighted by atomic mass is 10.4. The van der Waals surface area contributed by atoms with Crippen molar-refractivity contribution >= 4 is 11.6 Å². The molecule has 0 aliphatic rings. The zero-order valence-electron chi connectivity index (χ0n) is 7.13. The summed E-state index contributed by atoms with van der Waals surface area (Å²) >= 11 is 5.31. The highest BCUT2D eigenvalue weighted by molar-refractivity contribution is 6.29. The molecule has 0 aliphatic heterocycles. The fourth-order valence-electron chi connectivity index (χ4n) is 0.765. The minimum Gasteiger partial charge on any atom is -0.470 e. The average molecular weight is 245 g/mol. The smallest absolute Gasteiger partial charge is 0.285 e. The molecule has 0 amide bonds. The number of ether oxygens (including phenoxy) is 1. The van der Waals surface area contributed by atoms with Gasteiger partial charge in [-0.3, -0.25) is 0 Å². The molecular weight excluding hydrogens is 240 g/mol.